The van der Waals surface area contributed by atoms with Crippen LogP contribution in [0.5, 0.6) is 0 Å². The van der Waals surface area contributed by atoms with Gasteiger partial charge in [-0.1, -0.05) is 66.7 Å². The van der Waals surface area contributed by atoms with Crippen molar-refractivity contribution in [1.29, 1.82) is 0 Å². The van der Waals surface area contributed by atoms with Crippen LogP contribution in [0.1, 0.15) is 50.2 Å². The maximum Gasteiger partial charge on any atom is 0.244 e. The molecule has 0 radical (unpaired) electrons. The van der Waals surface area contributed by atoms with Gasteiger partial charge in [-0.15, -0.1) is 0 Å². The third-order valence-corrected chi connectivity index (χ3v) is 8.24. The molecule has 10 heteroatoms. The van der Waals surface area contributed by atoms with Crippen molar-refractivity contribution in [3.8, 4) is 0 Å². The molecule has 3 rings (SSSR count). The van der Waals surface area contributed by atoms with Crippen LogP contribution in [0.25, 0.3) is 0 Å². The number of anilines is 1. The fourth-order valence-corrected chi connectivity index (χ4v) is 5.82. The SMILES string of the molecule is Cc1ccccc1CN(C(=O)CN(c1ccc(Cl)cc1Cl)S(C)(=O)=O)[C@@H](C)C(=O)NC1CCCCC1. The summed E-state index contributed by atoms with van der Waals surface area (Å²) in [4.78, 5) is 28.3. The van der Waals surface area contributed by atoms with Crippen molar-refractivity contribution in [1.82, 2.24) is 10.2 Å². The first-order valence-corrected chi connectivity index (χ1v) is 14.6. The minimum absolute atomic E-state index is 0.0875. The van der Waals surface area contributed by atoms with E-state index in [1.54, 1.807) is 6.92 Å². The van der Waals surface area contributed by atoms with E-state index < -0.39 is 28.5 Å². The summed E-state index contributed by atoms with van der Waals surface area (Å²) in [5.41, 5.74) is 1.99. The Kier molecular flexibility index (Phi) is 9.66. The van der Waals surface area contributed by atoms with Gasteiger partial charge < -0.3 is 10.2 Å². The molecule has 1 fully saturated rings. The molecular weight excluding hydrogens is 521 g/mol. The van der Waals surface area contributed by atoms with E-state index >= 15 is 0 Å². The van der Waals surface area contributed by atoms with E-state index in [4.69, 9.17) is 23.2 Å². The number of halogens is 2. The van der Waals surface area contributed by atoms with Crippen LogP contribution >= 0.6 is 23.2 Å². The summed E-state index contributed by atoms with van der Waals surface area (Å²) >= 11 is 12.3. The molecule has 0 bridgehead atoms. The quantitative estimate of drug-likeness (QED) is 0.476. The molecule has 0 unspecified atom stereocenters. The average Bonchev–Trinajstić information content (AvgIpc) is 2.82. The van der Waals surface area contributed by atoms with Gasteiger partial charge in [-0.05, 0) is 56.0 Å². The van der Waals surface area contributed by atoms with E-state index in [0.717, 1.165) is 53.8 Å². The number of benzene rings is 2. The normalized spacial score (nSPS) is 15.2. The first-order valence-electron chi connectivity index (χ1n) is 12.0. The fraction of sp³-hybridized carbons (Fsp3) is 0.462. The van der Waals surface area contributed by atoms with Crippen molar-refractivity contribution in [3.63, 3.8) is 0 Å². The van der Waals surface area contributed by atoms with Crippen molar-refractivity contribution in [2.24, 2.45) is 0 Å². The second kappa shape index (κ2) is 12.3. The molecule has 0 aromatic heterocycles. The van der Waals surface area contributed by atoms with Crippen molar-refractivity contribution in [3.05, 3.63) is 63.6 Å². The second-order valence-electron chi connectivity index (χ2n) is 9.33. The molecule has 196 valence electrons. The smallest absolute Gasteiger partial charge is 0.244 e. The third kappa shape index (κ3) is 7.37. The lowest BCUT2D eigenvalue weighted by atomic mass is 9.95. The van der Waals surface area contributed by atoms with Crippen molar-refractivity contribution < 1.29 is 18.0 Å². The lowest BCUT2D eigenvalue weighted by Crippen LogP contribution is -2.53. The van der Waals surface area contributed by atoms with Gasteiger partial charge in [-0.2, -0.15) is 0 Å². The number of sulfonamides is 1. The third-order valence-electron chi connectivity index (χ3n) is 6.58. The summed E-state index contributed by atoms with van der Waals surface area (Å²) in [5, 5.41) is 3.54. The van der Waals surface area contributed by atoms with Crippen LogP contribution in [0.3, 0.4) is 0 Å². The highest BCUT2D eigenvalue weighted by Crippen LogP contribution is 2.30. The van der Waals surface area contributed by atoms with Gasteiger partial charge in [0.25, 0.3) is 0 Å². The number of hydrogen-bond acceptors (Lipinski definition) is 4. The number of nitrogens with one attached hydrogen (secondary N) is 1. The van der Waals surface area contributed by atoms with Crippen LogP contribution in [0.2, 0.25) is 10.0 Å². The van der Waals surface area contributed by atoms with Gasteiger partial charge in [0.05, 0.1) is 17.0 Å². The van der Waals surface area contributed by atoms with Crippen LogP contribution in [-0.4, -0.2) is 50.0 Å². The summed E-state index contributed by atoms with van der Waals surface area (Å²) in [6, 6.07) is 11.3. The largest absolute Gasteiger partial charge is 0.352 e. The molecule has 2 amide bonds. The Bertz CT molecular complexity index is 1200. The van der Waals surface area contributed by atoms with Gasteiger partial charge in [-0.3, -0.25) is 13.9 Å². The van der Waals surface area contributed by atoms with Gasteiger partial charge in [0, 0.05) is 17.6 Å². The predicted molar refractivity (Wildman–Crippen MR) is 145 cm³/mol. The molecule has 7 nitrogen and oxygen atoms in total. The van der Waals surface area contributed by atoms with E-state index in [-0.39, 0.29) is 29.2 Å². The van der Waals surface area contributed by atoms with Gasteiger partial charge >= 0.3 is 0 Å². The average molecular weight is 555 g/mol. The zero-order valence-corrected chi connectivity index (χ0v) is 23.2. The Morgan fingerprint density at radius 3 is 2.36 bits per heavy atom. The molecule has 0 heterocycles. The minimum Gasteiger partial charge on any atom is -0.352 e. The first kappa shape index (κ1) is 28.3. The molecular formula is C26H33Cl2N3O4S. The van der Waals surface area contributed by atoms with Crippen LogP contribution < -0.4 is 9.62 Å². The fourth-order valence-electron chi connectivity index (χ4n) is 4.40. The molecule has 1 atom stereocenters. The van der Waals surface area contributed by atoms with E-state index in [1.165, 1.54) is 23.1 Å². The Balaban J connectivity index is 1.90. The van der Waals surface area contributed by atoms with E-state index in [0.29, 0.717) is 5.02 Å². The Morgan fingerprint density at radius 1 is 1.08 bits per heavy atom. The molecule has 1 aliphatic rings. The van der Waals surface area contributed by atoms with E-state index in [1.807, 2.05) is 31.2 Å². The van der Waals surface area contributed by atoms with Gasteiger partial charge in [0.1, 0.15) is 12.6 Å². The molecule has 36 heavy (non-hydrogen) atoms. The van der Waals surface area contributed by atoms with Crippen LogP contribution in [-0.2, 0) is 26.2 Å². The number of aryl methyl sites for hydroxylation is 1. The lowest BCUT2D eigenvalue weighted by Gasteiger charge is -2.33. The summed E-state index contributed by atoms with van der Waals surface area (Å²) in [6.45, 7) is 3.26. The maximum atomic E-state index is 13.7. The molecule has 1 saturated carbocycles. The monoisotopic (exact) mass is 553 g/mol. The van der Waals surface area contributed by atoms with Crippen molar-refractivity contribution >= 4 is 50.7 Å². The molecule has 0 spiro atoms. The van der Waals surface area contributed by atoms with Gasteiger partial charge in [0.2, 0.25) is 21.8 Å². The van der Waals surface area contributed by atoms with Gasteiger partial charge in [-0.25, -0.2) is 8.42 Å². The number of rotatable bonds is 9. The number of hydrogen-bond donors (Lipinski definition) is 1. The van der Waals surface area contributed by atoms with Crippen LogP contribution in [0, 0.1) is 6.92 Å². The standard InChI is InChI=1S/C26H33Cl2N3O4S/c1-18-9-7-8-10-20(18)16-30(19(2)26(33)29-22-11-5-4-6-12-22)25(32)17-31(36(3,34)35)24-14-13-21(27)15-23(24)28/h7-10,13-15,19,22H,4-6,11-12,16-17H2,1-3H3,(H,29,33)/t19-/m0/s1. The Morgan fingerprint density at radius 2 is 1.75 bits per heavy atom. The first-order chi connectivity index (χ1) is 17.0. The molecule has 1 N–H and O–H groups in total. The zero-order valence-electron chi connectivity index (χ0n) is 20.8. The van der Waals surface area contributed by atoms with E-state index in [2.05, 4.69) is 5.32 Å². The molecule has 0 aliphatic heterocycles. The molecule has 2 aromatic rings. The van der Waals surface area contributed by atoms with Crippen molar-refractivity contribution in [2.45, 2.75) is 64.6 Å². The summed E-state index contributed by atoms with van der Waals surface area (Å²) in [6.07, 6.45) is 6.14. The summed E-state index contributed by atoms with van der Waals surface area (Å²) in [5.74, 6) is -0.764. The number of carbonyl (C=O) groups excluding carboxylic acids is 2. The highest BCUT2D eigenvalue weighted by Gasteiger charge is 2.32. The Labute approximate surface area is 223 Å². The topological polar surface area (TPSA) is 86.8 Å². The number of amides is 2. The molecule has 1 aliphatic carbocycles. The van der Waals surface area contributed by atoms with Gasteiger partial charge in [0.15, 0.2) is 0 Å². The zero-order chi connectivity index (χ0) is 26.5. The lowest BCUT2D eigenvalue weighted by molar-refractivity contribution is -0.139. The minimum atomic E-state index is -3.87. The molecule has 2 aromatic carbocycles. The number of carbonyl (C=O) groups is 2. The second-order valence-corrected chi connectivity index (χ2v) is 12.1. The highest BCUT2D eigenvalue weighted by atomic mass is 35.5. The van der Waals surface area contributed by atoms with E-state index in [9.17, 15) is 18.0 Å². The van der Waals surface area contributed by atoms with Crippen LogP contribution in [0.15, 0.2) is 42.5 Å². The number of nitrogens with zero attached hydrogens (tertiary/aromatic N) is 2. The highest BCUT2D eigenvalue weighted by molar-refractivity contribution is 7.92. The predicted octanol–water partition coefficient (Wildman–Crippen LogP) is 4.93. The van der Waals surface area contributed by atoms with Crippen LogP contribution in [0.4, 0.5) is 5.69 Å². The van der Waals surface area contributed by atoms with Crippen molar-refractivity contribution in [2.75, 3.05) is 17.1 Å². The molecule has 0 saturated heterocycles. The summed E-state index contributed by atoms with van der Waals surface area (Å²) < 4.78 is 26.3. The summed E-state index contributed by atoms with van der Waals surface area (Å²) in [7, 11) is -3.87. The maximum absolute atomic E-state index is 13.7. The Hall–Kier alpha value is -2.29.